The molecule has 0 aliphatic heterocycles. The molecule has 2 nitrogen and oxygen atoms in total. The Bertz CT molecular complexity index is 214. The summed E-state index contributed by atoms with van der Waals surface area (Å²) in [4.78, 5) is 2.53. The van der Waals surface area contributed by atoms with E-state index in [4.69, 9.17) is 0 Å². The first-order chi connectivity index (χ1) is 8.19. The van der Waals surface area contributed by atoms with Gasteiger partial charge in [-0.2, -0.15) is 0 Å². The summed E-state index contributed by atoms with van der Waals surface area (Å²) in [6.07, 6.45) is 3.72. The molecule has 0 saturated heterocycles. The molecular weight excluding hydrogens is 220 g/mol. The lowest BCUT2D eigenvalue weighted by Gasteiger charge is -2.40. The number of hydrogen-bond donors (Lipinski definition) is 1. The molecule has 0 rings (SSSR count). The average Bonchev–Trinajstić information content (AvgIpc) is 2.32. The van der Waals surface area contributed by atoms with Crippen LogP contribution in [0.15, 0.2) is 0 Å². The van der Waals surface area contributed by atoms with Crippen molar-refractivity contribution < 1.29 is 0 Å². The number of nitrogens with zero attached hydrogens (tertiary/aromatic N) is 1. The summed E-state index contributed by atoms with van der Waals surface area (Å²) in [7, 11) is 2.27. The van der Waals surface area contributed by atoms with Crippen LogP contribution in [0.1, 0.15) is 67.7 Å². The fourth-order valence-electron chi connectivity index (χ4n) is 2.23. The smallest absolute Gasteiger partial charge is 0.00967 e. The van der Waals surface area contributed by atoms with E-state index >= 15 is 0 Å². The van der Waals surface area contributed by atoms with Crippen LogP contribution < -0.4 is 5.32 Å². The van der Waals surface area contributed by atoms with E-state index < -0.39 is 0 Å². The molecule has 0 saturated carbocycles. The Hall–Kier alpha value is -0.0800. The summed E-state index contributed by atoms with van der Waals surface area (Å²) < 4.78 is 0. The molecule has 0 spiro atoms. The van der Waals surface area contributed by atoms with Crippen molar-refractivity contribution in [1.82, 2.24) is 10.2 Å². The van der Waals surface area contributed by atoms with E-state index in [1.165, 1.54) is 25.8 Å². The predicted molar refractivity (Wildman–Crippen MR) is 83.2 cm³/mol. The molecule has 2 heteroatoms. The third kappa shape index (κ3) is 6.19. The van der Waals surface area contributed by atoms with Gasteiger partial charge in [-0.05, 0) is 59.4 Å². The van der Waals surface area contributed by atoms with Crippen LogP contribution in [0.3, 0.4) is 0 Å². The molecule has 1 unspecified atom stereocenters. The molecule has 0 aliphatic carbocycles. The molecule has 0 amide bonds. The minimum Gasteiger partial charge on any atom is -0.311 e. The van der Waals surface area contributed by atoms with Gasteiger partial charge in [-0.25, -0.2) is 0 Å². The lowest BCUT2D eigenvalue weighted by Crippen LogP contribution is -2.49. The second-order valence-corrected chi connectivity index (χ2v) is 6.98. The van der Waals surface area contributed by atoms with Crippen molar-refractivity contribution in [3.05, 3.63) is 0 Å². The largest absolute Gasteiger partial charge is 0.311 e. The molecule has 110 valence electrons. The Labute approximate surface area is 116 Å². The summed E-state index contributed by atoms with van der Waals surface area (Å²) in [5.41, 5.74) is 0.621. The van der Waals surface area contributed by atoms with Crippen molar-refractivity contribution in [3.63, 3.8) is 0 Å². The molecule has 0 aromatic heterocycles. The fraction of sp³-hybridized carbons (Fsp3) is 1.00. The van der Waals surface area contributed by atoms with E-state index in [9.17, 15) is 0 Å². The van der Waals surface area contributed by atoms with Crippen molar-refractivity contribution in [1.29, 1.82) is 0 Å². The molecule has 0 aromatic carbocycles. The minimum atomic E-state index is 0.213. The van der Waals surface area contributed by atoms with Crippen LogP contribution in [0.2, 0.25) is 0 Å². The van der Waals surface area contributed by atoms with Gasteiger partial charge in [0.25, 0.3) is 0 Å². The molecule has 1 N–H and O–H groups in total. The fourth-order valence-corrected chi connectivity index (χ4v) is 2.23. The summed E-state index contributed by atoms with van der Waals surface area (Å²) in [6, 6.07) is 0.678. The van der Waals surface area contributed by atoms with Crippen molar-refractivity contribution in [2.45, 2.75) is 79.3 Å². The molecule has 0 aromatic rings. The Kier molecular flexibility index (Phi) is 7.46. The molecule has 0 radical (unpaired) electrons. The standard InChI is InChI=1S/C16H36N2/c1-9-14(4)18(8)13-16(10-2,11-3)12-17-15(5,6)7/h14,17H,9-13H2,1-8H3. The predicted octanol–water partition coefficient (Wildman–Crippen LogP) is 3.91. The molecule has 0 fully saturated rings. The van der Waals surface area contributed by atoms with Gasteiger partial charge < -0.3 is 10.2 Å². The summed E-state index contributed by atoms with van der Waals surface area (Å²) in [6.45, 7) is 18.3. The quantitative estimate of drug-likeness (QED) is 0.708. The van der Waals surface area contributed by atoms with Crippen LogP contribution in [0.4, 0.5) is 0 Å². The maximum Gasteiger partial charge on any atom is 0.00967 e. The third-order valence-corrected chi connectivity index (χ3v) is 4.42. The van der Waals surface area contributed by atoms with Crippen LogP contribution in [0, 0.1) is 5.41 Å². The van der Waals surface area contributed by atoms with Gasteiger partial charge in [0.1, 0.15) is 0 Å². The Balaban J connectivity index is 4.60. The van der Waals surface area contributed by atoms with Gasteiger partial charge in [-0.15, -0.1) is 0 Å². The highest BCUT2D eigenvalue weighted by Gasteiger charge is 2.30. The van der Waals surface area contributed by atoms with Gasteiger partial charge in [-0.1, -0.05) is 20.8 Å². The van der Waals surface area contributed by atoms with E-state index in [0.717, 1.165) is 6.54 Å². The van der Waals surface area contributed by atoms with Gasteiger partial charge in [-0.3, -0.25) is 0 Å². The van der Waals surface area contributed by atoms with Gasteiger partial charge >= 0.3 is 0 Å². The van der Waals surface area contributed by atoms with Crippen molar-refractivity contribution in [3.8, 4) is 0 Å². The monoisotopic (exact) mass is 256 g/mol. The average molecular weight is 256 g/mol. The second kappa shape index (κ2) is 7.49. The van der Waals surface area contributed by atoms with E-state index in [0.29, 0.717) is 11.5 Å². The minimum absolute atomic E-state index is 0.213. The molecular formula is C16H36N2. The van der Waals surface area contributed by atoms with Crippen molar-refractivity contribution in [2.24, 2.45) is 5.41 Å². The zero-order valence-electron chi connectivity index (χ0n) is 14.1. The second-order valence-electron chi connectivity index (χ2n) is 6.98. The Morgan fingerprint density at radius 3 is 1.89 bits per heavy atom. The van der Waals surface area contributed by atoms with Gasteiger partial charge in [0.05, 0.1) is 0 Å². The van der Waals surface area contributed by atoms with Gasteiger partial charge in [0.15, 0.2) is 0 Å². The highest BCUT2D eigenvalue weighted by Crippen LogP contribution is 2.28. The van der Waals surface area contributed by atoms with E-state index in [1.54, 1.807) is 0 Å². The lowest BCUT2D eigenvalue weighted by molar-refractivity contribution is 0.118. The van der Waals surface area contributed by atoms with Crippen LogP contribution in [-0.4, -0.2) is 36.6 Å². The van der Waals surface area contributed by atoms with E-state index in [2.05, 4.69) is 65.7 Å². The van der Waals surface area contributed by atoms with E-state index in [1.807, 2.05) is 0 Å². The molecule has 18 heavy (non-hydrogen) atoms. The summed E-state index contributed by atoms with van der Waals surface area (Å²) in [5.74, 6) is 0. The number of nitrogens with one attached hydrogen (secondary N) is 1. The van der Waals surface area contributed by atoms with Crippen LogP contribution in [0.5, 0.6) is 0 Å². The number of rotatable bonds is 8. The zero-order chi connectivity index (χ0) is 14.4. The first kappa shape index (κ1) is 17.9. The van der Waals surface area contributed by atoms with Crippen molar-refractivity contribution >= 4 is 0 Å². The van der Waals surface area contributed by atoms with Crippen LogP contribution in [0.25, 0.3) is 0 Å². The molecule has 0 aliphatic rings. The van der Waals surface area contributed by atoms with Gasteiger partial charge in [0, 0.05) is 24.7 Å². The maximum atomic E-state index is 3.70. The highest BCUT2D eigenvalue weighted by atomic mass is 15.1. The topological polar surface area (TPSA) is 15.3 Å². The first-order valence-electron chi connectivity index (χ1n) is 7.65. The SMILES string of the molecule is CCC(C)N(C)CC(CC)(CC)CNC(C)(C)C. The molecule has 1 atom stereocenters. The zero-order valence-corrected chi connectivity index (χ0v) is 14.1. The maximum absolute atomic E-state index is 3.70. The van der Waals surface area contributed by atoms with Crippen molar-refractivity contribution in [2.75, 3.05) is 20.1 Å². The number of hydrogen-bond acceptors (Lipinski definition) is 2. The van der Waals surface area contributed by atoms with Crippen LogP contribution >= 0.6 is 0 Å². The lowest BCUT2D eigenvalue weighted by atomic mass is 9.80. The Morgan fingerprint density at radius 2 is 1.56 bits per heavy atom. The van der Waals surface area contributed by atoms with E-state index in [-0.39, 0.29) is 5.54 Å². The summed E-state index contributed by atoms with van der Waals surface area (Å²) >= 11 is 0. The normalized spacial score (nSPS) is 15.2. The third-order valence-electron chi connectivity index (χ3n) is 4.42. The molecule has 0 heterocycles. The highest BCUT2D eigenvalue weighted by molar-refractivity contribution is 4.86. The first-order valence-corrected chi connectivity index (χ1v) is 7.65. The van der Waals surface area contributed by atoms with Crippen LogP contribution in [-0.2, 0) is 0 Å². The Morgan fingerprint density at radius 1 is 1.06 bits per heavy atom. The summed E-state index contributed by atoms with van der Waals surface area (Å²) in [5, 5.41) is 3.70. The molecule has 0 bridgehead atoms. The van der Waals surface area contributed by atoms with Gasteiger partial charge in [0.2, 0.25) is 0 Å².